The number of alkyl halides is 3. The molecule has 0 bridgehead atoms. The summed E-state index contributed by atoms with van der Waals surface area (Å²) in [5.74, 6) is -1.62. The lowest BCUT2D eigenvalue weighted by molar-refractivity contribution is -0.198. The number of hydrogen-bond acceptors (Lipinski definition) is 8. The summed E-state index contributed by atoms with van der Waals surface area (Å²) in [4.78, 5) is 34.1. The number of ether oxygens (including phenoxy) is 1. The van der Waals surface area contributed by atoms with Crippen molar-refractivity contribution in [2.24, 2.45) is 5.41 Å². The molecule has 1 amide bonds. The molecule has 2 atom stereocenters. The van der Waals surface area contributed by atoms with Gasteiger partial charge in [0.1, 0.15) is 11.9 Å². The largest absolute Gasteiger partial charge is 0.480 e. The Balaban J connectivity index is 1.39. The minimum absolute atomic E-state index is 0.0893. The highest BCUT2D eigenvalue weighted by Gasteiger charge is 2.50. The van der Waals surface area contributed by atoms with Gasteiger partial charge in [0.05, 0.1) is 11.4 Å². The van der Waals surface area contributed by atoms with E-state index in [0.717, 1.165) is 4.90 Å². The van der Waals surface area contributed by atoms with Gasteiger partial charge in [-0.25, -0.2) is 14.3 Å². The van der Waals surface area contributed by atoms with Crippen molar-refractivity contribution in [1.29, 1.82) is 0 Å². The van der Waals surface area contributed by atoms with Gasteiger partial charge in [-0.1, -0.05) is 22.0 Å². The molecule has 0 saturated carbocycles. The number of aliphatic carboxylic acids is 1. The van der Waals surface area contributed by atoms with E-state index in [9.17, 15) is 33.0 Å². The number of carboxylic acids is 1. The first kappa shape index (κ1) is 29.4. The number of anilines is 2. The van der Waals surface area contributed by atoms with E-state index in [1.807, 2.05) is 0 Å². The first-order valence-electron chi connectivity index (χ1n) is 12.9. The van der Waals surface area contributed by atoms with Gasteiger partial charge in [0.25, 0.3) is 0 Å². The van der Waals surface area contributed by atoms with Crippen LogP contribution in [0.5, 0.6) is 5.88 Å². The predicted molar refractivity (Wildman–Crippen MR) is 147 cm³/mol. The van der Waals surface area contributed by atoms with Gasteiger partial charge in [-0.2, -0.15) is 28.2 Å². The Morgan fingerprint density at radius 2 is 1.88 bits per heavy atom. The number of amides is 1. The van der Waals surface area contributed by atoms with Gasteiger partial charge in [-0.3, -0.25) is 4.90 Å². The molecule has 1 spiro atoms. The van der Waals surface area contributed by atoms with E-state index in [-0.39, 0.29) is 41.9 Å². The van der Waals surface area contributed by atoms with Crippen LogP contribution in [0.1, 0.15) is 36.6 Å². The maximum atomic E-state index is 14.5. The third kappa shape index (κ3) is 5.93. The number of piperidine rings is 1. The number of nitrogens with two attached hydrogens (primary N) is 1. The van der Waals surface area contributed by atoms with E-state index in [2.05, 4.69) is 31.0 Å². The highest BCUT2D eigenvalue weighted by molar-refractivity contribution is 9.10. The second-order valence-electron chi connectivity index (χ2n) is 10.5. The summed E-state index contributed by atoms with van der Waals surface area (Å²) in [7, 11) is 0. The van der Waals surface area contributed by atoms with Gasteiger partial charge in [0, 0.05) is 41.9 Å². The fraction of sp³-hybridized carbons (Fsp3) is 0.423. The number of aryl methyl sites for hydroxylation is 1. The fourth-order valence-electron chi connectivity index (χ4n) is 5.62. The third-order valence-electron chi connectivity index (χ3n) is 7.67. The van der Waals surface area contributed by atoms with Crippen molar-refractivity contribution in [3.05, 3.63) is 52.3 Å². The molecular formula is C26H27BrF3N7O5. The summed E-state index contributed by atoms with van der Waals surface area (Å²) in [5.41, 5.74) is 5.95. The molecule has 2 fully saturated rings. The topological polar surface area (TPSA) is 160 Å². The molecule has 0 radical (unpaired) electrons. The van der Waals surface area contributed by atoms with Crippen molar-refractivity contribution in [3.63, 3.8) is 0 Å². The summed E-state index contributed by atoms with van der Waals surface area (Å²) in [6.45, 7) is 2.52. The average Bonchev–Trinajstić information content (AvgIpc) is 3.51. The molecular weight excluding hydrogens is 627 g/mol. The molecule has 16 heteroatoms. The van der Waals surface area contributed by atoms with Gasteiger partial charge < -0.3 is 25.6 Å². The lowest BCUT2D eigenvalue weighted by Gasteiger charge is -2.39. The van der Waals surface area contributed by atoms with E-state index >= 15 is 0 Å². The number of hydrogen-bond donors (Lipinski definition) is 3. The molecule has 42 heavy (non-hydrogen) atoms. The summed E-state index contributed by atoms with van der Waals surface area (Å²) in [6.07, 6.45) is -5.89. The molecule has 4 N–H and O–H groups in total. The van der Waals surface area contributed by atoms with Crippen LogP contribution in [0, 0.1) is 12.3 Å². The molecule has 2 aliphatic heterocycles. The van der Waals surface area contributed by atoms with Crippen molar-refractivity contribution >= 4 is 39.8 Å². The minimum atomic E-state index is -4.83. The van der Waals surface area contributed by atoms with Gasteiger partial charge >= 0.3 is 18.2 Å². The Kier molecular flexibility index (Phi) is 7.68. The summed E-state index contributed by atoms with van der Waals surface area (Å²) >= 11 is 3.31. The smallest absolute Gasteiger partial charge is 0.429 e. The highest BCUT2D eigenvalue weighted by atomic mass is 79.9. The van der Waals surface area contributed by atoms with Crippen LogP contribution in [-0.4, -0.2) is 78.8 Å². The third-order valence-corrected chi connectivity index (χ3v) is 8.17. The van der Waals surface area contributed by atoms with Crippen molar-refractivity contribution in [3.8, 4) is 11.6 Å². The average molecular weight is 654 g/mol. The number of halogens is 4. The lowest BCUT2D eigenvalue weighted by Crippen LogP contribution is -2.43. The van der Waals surface area contributed by atoms with Gasteiger partial charge in [0.2, 0.25) is 17.9 Å². The first-order chi connectivity index (χ1) is 19.7. The van der Waals surface area contributed by atoms with Crippen LogP contribution < -0.4 is 15.4 Å². The molecule has 0 aliphatic carbocycles. The van der Waals surface area contributed by atoms with E-state index in [4.69, 9.17) is 10.5 Å². The van der Waals surface area contributed by atoms with Gasteiger partial charge in [-0.05, 0) is 49.8 Å². The van der Waals surface area contributed by atoms with Crippen molar-refractivity contribution in [2.45, 2.75) is 44.5 Å². The molecule has 12 nitrogen and oxygen atoms in total. The Morgan fingerprint density at radius 1 is 1.17 bits per heavy atom. The predicted octanol–water partition coefficient (Wildman–Crippen LogP) is 4.42. The summed E-state index contributed by atoms with van der Waals surface area (Å²) in [5, 5.41) is 23.2. The van der Waals surface area contributed by atoms with Crippen LogP contribution in [0.3, 0.4) is 0 Å². The zero-order chi connectivity index (χ0) is 30.4. The standard InChI is InChI=1S/C26H27BrF3N7O5/c1-14-4-7-37(34-14)17-10-15(27)2-3-16(17)21(26(28,29)30)42-20-11-19(32-23(31)33-20)35-8-5-25(6-9-35)12-18(22(38)39)36(13-25)24(40)41/h2-4,7,10-11,18,21H,5-6,8-9,12-13H2,1H3,(H,38,39)(H,40,41)(H2,31,32,33)/t18-,21+/m0/s1. The number of likely N-dealkylation sites (tertiary alicyclic amines) is 1. The zero-order valence-corrected chi connectivity index (χ0v) is 23.8. The molecule has 0 unspecified atom stereocenters. The number of carboxylic acid groups (broad SMARTS) is 2. The Bertz CT molecular complexity index is 1490. The van der Waals surface area contributed by atoms with E-state index in [0.29, 0.717) is 36.1 Å². The summed E-state index contributed by atoms with van der Waals surface area (Å²) < 4.78 is 50.7. The van der Waals surface area contributed by atoms with Crippen molar-refractivity contribution in [1.82, 2.24) is 24.6 Å². The normalized spacial score (nSPS) is 19.2. The van der Waals surface area contributed by atoms with Gasteiger partial charge in [0.15, 0.2) is 0 Å². The highest BCUT2D eigenvalue weighted by Crippen LogP contribution is 2.45. The van der Waals surface area contributed by atoms with E-state index in [1.165, 1.54) is 28.9 Å². The molecule has 4 heterocycles. The molecule has 2 saturated heterocycles. The first-order valence-corrected chi connectivity index (χ1v) is 13.7. The zero-order valence-electron chi connectivity index (χ0n) is 22.3. The number of nitrogen functional groups attached to an aromatic ring is 1. The van der Waals surface area contributed by atoms with Gasteiger partial charge in [-0.15, -0.1) is 0 Å². The number of carbonyl (C=O) groups is 2. The van der Waals surface area contributed by atoms with E-state index < -0.39 is 35.8 Å². The Hall–Kier alpha value is -4.08. The maximum absolute atomic E-state index is 14.5. The SMILES string of the molecule is Cc1ccn(-c2cc(Br)ccc2[C@@H](Oc2cc(N3CCC4(CC3)C[C@@H](C(=O)O)N(C(=O)O)C4)nc(N)n2)C(F)(F)F)n1. The van der Waals surface area contributed by atoms with Crippen LogP contribution in [-0.2, 0) is 4.79 Å². The molecule has 2 aliphatic rings. The number of benzene rings is 1. The fourth-order valence-corrected chi connectivity index (χ4v) is 5.97. The second kappa shape index (κ2) is 11.0. The van der Waals surface area contributed by atoms with Crippen molar-refractivity contribution < 1.29 is 37.7 Å². The van der Waals surface area contributed by atoms with Crippen LogP contribution in [0.2, 0.25) is 0 Å². The van der Waals surface area contributed by atoms with E-state index in [1.54, 1.807) is 24.1 Å². The maximum Gasteiger partial charge on any atom is 0.429 e. The van der Waals surface area contributed by atoms with Crippen LogP contribution in [0.15, 0.2) is 41.0 Å². The molecule has 2 aromatic heterocycles. The molecule has 3 aromatic rings. The summed E-state index contributed by atoms with van der Waals surface area (Å²) in [6, 6.07) is 6.11. The Morgan fingerprint density at radius 3 is 2.45 bits per heavy atom. The lowest BCUT2D eigenvalue weighted by atomic mass is 9.76. The quantitative estimate of drug-likeness (QED) is 0.347. The number of nitrogens with zero attached hydrogens (tertiary/aromatic N) is 6. The van der Waals surface area contributed by atoms with Crippen LogP contribution in [0.4, 0.5) is 29.7 Å². The minimum Gasteiger partial charge on any atom is -0.480 e. The second-order valence-corrected chi connectivity index (χ2v) is 11.4. The van der Waals surface area contributed by atoms with Crippen molar-refractivity contribution in [2.75, 3.05) is 30.3 Å². The Labute approximate surface area is 246 Å². The van der Waals surface area contributed by atoms with Crippen LogP contribution in [0.25, 0.3) is 5.69 Å². The molecule has 224 valence electrons. The number of rotatable bonds is 6. The van der Waals surface area contributed by atoms with Crippen LogP contribution >= 0.6 is 15.9 Å². The monoisotopic (exact) mass is 653 g/mol. The number of aromatic nitrogens is 4. The molecule has 1 aromatic carbocycles. The molecule has 5 rings (SSSR count).